The van der Waals surface area contributed by atoms with Gasteiger partial charge in [-0.25, -0.2) is 0 Å². The average molecular weight is 252 g/mol. The van der Waals surface area contributed by atoms with Crippen LogP contribution in [0.4, 0.5) is 11.9 Å². The molecule has 7 heteroatoms. The van der Waals surface area contributed by atoms with Crippen molar-refractivity contribution in [1.29, 1.82) is 0 Å². The van der Waals surface area contributed by atoms with Gasteiger partial charge in [-0.15, -0.1) is 0 Å². The lowest BCUT2D eigenvalue weighted by Gasteiger charge is -2.15. The SMILES string of the molecule is CNc1nc(NCCN(C)C2CC2)nc(OC)n1. The molecule has 0 spiro atoms. The minimum Gasteiger partial charge on any atom is -0.467 e. The molecule has 1 aliphatic carbocycles. The third kappa shape index (κ3) is 3.43. The van der Waals surface area contributed by atoms with Crippen LogP contribution >= 0.6 is 0 Å². The van der Waals surface area contributed by atoms with E-state index in [4.69, 9.17) is 4.74 Å². The summed E-state index contributed by atoms with van der Waals surface area (Å²) in [5, 5.41) is 6.06. The molecule has 2 N–H and O–H groups in total. The van der Waals surface area contributed by atoms with Crippen LogP contribution < -0.4 is 15.4 Å². The predicted octanol–water partition coefficient (Wildman–Crippen LogP) is 0.428. The Balaban J connectivity index is 1.87. The summed E-state index contributed by atoms with van der Waals surface area (Å²) in [6, 6.07) is 1.08. The van der Waals surface area contributed by atoms with Gasteiger partial charge in [0, 0.05) is 26.2 Å². The molecule has 100 valence electrons. The normalized spacial score (nSPS) is 14.7. The molecular weight excluding hydrogens is 232 g/mol. The Labute approximate surface area is 107 Å². The highest BCUT2D eigenvalue weighted by Gasteiger charge is 2.25. The minimum atomic E-state index is 0.312. The van der Waals surface area contributed by atoms with Crippen LogP contribution in [-0.2, 0) is 0 Å². The largest absolute Gasteiger partial charge is 0.467 e. The molecule has 0 amide bonds. The second-order valence-electron chi connectivity index (χ2n) is 4.36. The average Bonchev–Trinajstić information content (AvgIpc) is 3.22. The van der Waals surface area contributed by atoms with Gasteiger partial charge < -0.3 is 20.3 Å². The van der Waals surface area contributed by atoms with Crippen LogP contribution in [0.25, 0.3) is 0 Å². The number of rotatable bonds is 7. The maximum absolute atomic E-state index is 5.02. The van der Waals surface area contributed by atoms with Gasteiger partial charge in [-0.2, -0.15) is 15.0 Å². The number of hydrogen-bond donors (Lipinski definition) is 2. The van der Waals surface area contributed by atoms with Gasteiger partial charge in [-0.1, -0.05) is 0 Å². The summed E-state index contributed by atoms with van der Waals surface area (Å²) in [6.07, 6.45) is 2.64. The first-order chi connectivity index (χ1) is 8.72. The van der Waals surface area contributed by atoms with E-state index < -0.39 is 0 Å². The van der Waals surface area contributed by atoms with Crippen LogP contribution in [0.5, 0.6) is 6.01 Å². The van der Waals surface area contributed by atoms with Crippen LogP contribution in [0.15, 0.2) is 0 Å². The fourth-order valence-electron chi connectivity index (χ4n) is 1.68. The summed E-state index contributed by atoms with van der Waals surface area (Å²) in [6.45, 7) is 1.79. The first kappa shape index (κ1) is 12.8. The van der Waals surface area contributed by atoms with Gasteiger partial charge in [0.15, 0.2) is 0 Å². The number of methoxy groups -OCH3 is 1. The number of likely N-dealkylation sites (N-methyl/N-ethyl adjacent to an activating group) is 1. The van der Waals surface area contributed by atoms with E-state index >= 15 is 0 Å². The molecule has 0 aromatic carbocycles. The van der Waals surface area contributed by atoms with Crippen molar-refractivity contribution >= 4 is 11.9 Å². The monoisotopic (exact) mass is 252 g/mol. The Hall–Kier alpha value is -1.63. The number of hydrogen-bond acceptors (Lipinski definition) is 7. The lowest BCUT2D eigenvalue weighted by molar-refractivity contribution is 0.336. The molecule has 0 radical (unpaired) electrons. The zero-order valence-electron chi connectivity index (χ0n) is 11.1. The number of aromatic nitrogens is 3. The zero-order chi connectivity index (χ0) is 13.0. The molecule has 18 heavy (non-hydrogen) atoms. The zero-order valence-corrected chi connectivity index (χ0v) is 11.1. The first-order valence-electron chi connectivity index (χ1n) is 6.15. The predicted molar refractivity (Wildman–Crippen MR) is 70.1 cm³/mol. The maximum Gasteiger partial charge on any atom is 0.322 e. The molecule has 0 saturated heterocycles. The Morgan fingerprint density at radius 1 is 1.28 bits per heavy atom. The summed E-state index contributed by atoms with van der Waals surface area (Å²) < 4.78 is 5.02. The van der Waals surface area contributed by atoms with Gasteiger partial charge in [-0.05, 0) is 19.9 Å². The van der Waals surface area contributed by atoms with Crippen LogP contribution in [0, 0.1) is 0 Å². The smallest absolute Gasteiger partial charge is 0.322 e. The van der Waals surface area contributed by atoms with Crippen molar-refractivity contribution in [2.75, 3.05) is 44.9 Å². The topological polar surface area (TPSA) is 75.2 Å². The standard InChI is InChI=1S/C11H20N6O/c1-12-9-14-10(16-11(15-9)18-3)13-6-7-17(2)8-4-5-8/h8H,4-7H2,1-3H3,(H2,12,13,14,15,16). The molecule has 1 aromatic rings. The first-order valence-corrected chi connectivity index (χ1v) is 6.15. The molecule has 7 nitrogen and oxygen atoms in total. The van der Waals surface area contributed by atoms with Gasteiger partial charge in [0.05, 0.1) is 7.11 Å². The van der Waals surface area contributed by atoms with Crippen molar-refractivity contribution in [2.45, 2.75) is 18.9 Å². The lowest BCUT2D eigenvalue weighted by atomic mass is 10.5. The molecule has 0 unspecified atom stereocenters. The Kier molecular flexibility index (Phi) is 4.14. The van der Waals surface area contributed by atoms with Gasteiger partial charge in [0.1, 0.15) is 0 Å². The van der Waals surface area contributed by atoms with E-state index in [1.54, 1.807) is 14.2 Å². The molecule has 2 rings (SSSR count). The molecular formula is C11H20N6O. The van der Waals surface area contributed by atoms with Crippen molar-refractivity contribution in [3.05, 3.63) is 0 Å². The molecule has 0 bridgehead atoms. The molecule has 1 aromatic heterocycles. The highest BCUT2D eigenvalue weighted by atomic mass is 16.5. The van der Waals surface area contributed by atoms with Crippen LogP contribution in [0.3, 0.4) is 0 Å². The van der Waals surface area contributed by atoms with Gasteiger partial charge in [0.25, 0.3) is 0 Å². The minimum absolute atomic E-state index is 0.312. The van der Waals surface area contributed by atoms with E-state index in [-0.39, 0.29) is 0 Å². The Bertz CT molecular complexity index is 373. The summed E-state index contributed by atoms with van der Waals surface area (Å²) in [5.74, 6) is 1.04. The van der Waals surface area contributed by atoms with Crippen molar-refractivity contribution in [1.82, 2.24) is 19.9 Å². The van der Waals surface area contributed by atoms with E-state index in [9.17, 15) is 0 Å². The second kappa shape index (κ2) is 5.81. The van der Waals surface area contributed by atoms with E-state index in [0.29, 0.717) is 17.9 Å². The van der Waals surface area contributed by atoms with Crippen LogP contribution in [0.1, 0.15) is 12.8 Å². The van der Waals surface area contributed by atoms with Gasteiger partial charge in [-0.3, -0.25) is 0 Å². The Morgan fingerprint density at radius 3 is 2.61 bits per heavy atom. The number of anilines is 2. The number of nitrogens with zero attached hydrogens (tertiary/aromatic N) is 4. The van der Waals surface area contributed by atoms with Crippen LogP contribution in [0.2, 0.25) is 0 Å². The molecule has 1 aliphatic rings. The molecule has 0 aliphatic heterocycles. The fraction of sp³-hybridized carbons (Fsp3) is 0.727. The third-order valence-corrected chi connectivity index (χ3v) is 2.94. The maximum atomic E-state index is 5.02. The highest BCUT2D eigenvalue weighted by molar-refractivity contribution is 5.35. The Morgan fingerprint density at radius 2 is 2.00 bits per heavy atom. The summed E-state index contributed by atoms with van der Waals surface area (Å²) in [4.78, 5) is 14.8. The van der Waals surface area contributed by atoms with Gasteiger partial charge in [0.2, 0.25) is 11.9 Å². The van der Waals surface area contributed by atoms with Crippen molar-refractivity contribution in [3.63, 3.8) is 0 Å². The highest BCUT2D eigenvalue weighted by Crippen LogP contribution is 2.24. The molecule has 1 fully saturated rings. The molecule has 1 saturated carbocycles. The molecule has 0 atom stereocenters. The number of ether oxygens (including phenoxy) is 1. The molecule has 1 heterocycles. The third-order valence-electron chi connectivity index (χ3n) is 2.94. The fourth-order valence-corrected chi connectivity index (χ4v) is 1.68. The van der Waals surface area contributed by atoms with Crippen LogP contribution in [-0.4, -0.2) is 60.2 Å². The second-order valence-corrected chi connectivity index (χ2v) is 4.36. The summed E-state index contributed by atoms with van der Waals surface area (Å²) in [5.41, 5.74) is 0. The van der Waals surface area contributed by atoms with E-state index in [1.807, 2.05) is 0 Å². The van der Waals surface area contributed by atoms with Crippen molar-refractivity contribution in [3.8, 4) is 6.01 Å². The summed E-state index contributed by atoms with van der Waals surface area (Å²) >= 11 is 0. The van der Waals surface area contributed by atoms with Crippen molar-refractivity contribution < 1.29 is 4.74 Å². The summed E-state index contributed by atoms with van der Waals surface area (Å²) in [7, 11) is 5.45. The lowest BCUT2D eigenvalue weighted by Crippen LogP contribution is -2.27. The van der Waals surface area contributed by atoms with E-state index in [2.05, 4.69) is 37.5 Å². The quantitative estimate of drug-likeness (QED) is 0.728. The van der Waals surface area contributed by atoms with Crippen molar-refractivity contribution in [2.24, 2.45) is 0 Å². The van der Waals surface area contributed by atoms with E-state index in [1.165, 1.54) is 12.8 Å². The van der Waals surface area contributed by atoms with Gasteiger partial charge >= 0.3 is 6.01 Å². The van der Waals surface area contributed by atoms with E-state index in [0.717, 1.165) is 19.1 Å². The number of nitrogens with one attached hydrogen (secondary N) is 2.